The summed E-state index contributed by atoms with van der Waals surface area (Å²) in [6.07, 6.45) is -0.839. The normalized spacial score (nSPS) is 19.9. The fourth-order valence-electron chi connectivity index (χ4n) is 3.88. The molecule has 0 bridgehead atoms. The van der Waals surface area contributed by atoms with E-state index in [-0.39, 0.29) is 39.5 Å². The lowest BCUT2D eigenvalue weighted by Crippen LogP contribution is -2.50. The average molecular weight is 542 g/mol. The molecular weight excluding hydrogens is 501 g/mol. The van der Waals surface area contributed by atoms with Crippen molar-refractivity contribution in [2.24, 2.45) is 0 Å². The van der Waals surface area contributed by atoms with E-state index >= 15 is 0 Å². The number of carbonyl (C=O) groups is 3. The van der Waals surface area contributed by atoms with E-state index in [1.54, 1.807) is 19.6 Å². The lowest BCUT2D eigenvalue weighted by Gasteiger charge is -2.34. The van der Waals surface area contributed by atoms with E-state index in [2.05, 4.69) is 0 Å². The molecule has 1 heterocycles. The third kappa shape index (κ3) is 15.4. The summed E-state index contributed by atoms with van der Waals surface area (Å²) in [6, 6.07) is 0. The van der Waals surface area contributed by atoms with E-state index in [1.807, 2.05) is 11.8 Å². The van der Waals surface area contributed by atoms with Gasteiger partial charge in [0.05, 0.1) is 25.7 Å². The summed E-state index contributed by atoms with van der Waals surface area (Å²) < 4.78 is 15.6. The van der Waals surface area contributed by atoms with Crippen molar-refractivity contribution in [3.63, 3.8) is 0 Å². The second kappa shape index (κ2) is 17.7. The van der Waals surface area contributed by atoms with Gasteiger partial charge in [-0.05, 0) is 6.54 Å². The summed E-state index contributed by atoms with van der Waals surface area (Å²) in [5, 5.41) is 38.4. The summed E-state index contributed by atoms with van der Waals surface area (Å²) >= 11 is 0. The Morgan fingerprint density at radius 3 is 1.47 bits per heavy atom. The molecule has 0 spiro atoms. The van der Waals surface area contributed by atoms with Crippen molar-refractivity contribution in [2.45, 2.75) is 13.0 Å². The fourth-order valence-corrected chi connectivity index (χ4v) is 4.18. The third-order valence-corrected chi connectivity index (χ3v) is 6.14. The van der Waals surface area contributed by atoms with E-state index in [0.29, 0.717) is 58.9 Å². The summed E-state index contributed by atoms with van der Waals surface area (Å²) in [6.45, 7) is 4.69. The van der Waals surface area contributed by atoms with Crippen LogP contribution >= 0.6 is 8.25 Å². The van der Waals surface area contributed by atoms with Crippen molar-refractivity contribution in [1.82, 2.24) is 24.5 Å². The van der Waals surface area contributed by atoms with Gasteiger partial charge in [-0.25, -0.2) is 0 Å². The molecule has 1 aliphatic rings. The van der Waals surface area contributed by atoms with Gasteiger partial charge in [-0.1, -0.05) is 6.92 Å². The second-order valence-electron chi connectivity index (χ2n) is 8.67. The van der Waals surface area contributed by atoms with E-state index in [1.165, 1.54) is 0 Å². The van der Waals surface area contributed by atoms with Gasteiger partial charge in [0.1, 0.15) is 6.73 Å². The monoisotopic (exact) mass is 541 g/mol. The minimum atomic E-state index is -3.09. The SMILES string of the molecule is CCN(CO[PH](=O)O)CC(O)CN1CCN(CC(=O)O)CCN(CC(=O)O)CCN(CC(=O)O)CC1. The van der Waals surface area contributed by atoms with Crippen LogP contribution in [0.3, 0.4) is 0 Å². The molecule has 16 heteroatoms. The van der Waals surface area contributed by atoms with Gasteiger partial charge in [0, 0.05) is 65.4 Å². The van der Waals surface area contributed by atoms with E-state index in [9.17, 15) is 39.4 Å². The molecule has 15 nitrogen and oxygen atoms in total. The number of likely N-dealkylation sites (N-methyl/N-ethyl adjacent to an activating group) is 1. The van der Waals surface area contributed by atoms with Crippen LogP contribution in [-0.2, 0) is 23.5 Å². The summed E-state index contributed by atoms with van der Waals surface area (Å²) in [5.41, 5.74) is 0. The Labute approximate surface area is 211 Å². The maximum atomic E-state index is 11.3. The van der Waals surface area contributed by atoms with Gasteiger partial charge in [0.15, 0.2) is 0 Å². The first-order valence-electron chi connectivity index (χ1n) is 11.8. The van der Waals surface area contributed by atoms with E-state index < -0.39 is 32.3 Å². The Hall–Kier alpha value is -1.68. The topological polar surface area (TPSA) is 195 Å². The number of aliphatic hydroxyl groups excluding tert-OH is 1. The molecule has 36 heavy (non-hydrogen) atoms. The minimum Gasteiger partial charge on any atom is -0.480 e. The standard InChI is InChI=1S/C20H40N5O10P/c1-2-21(16-35-36(33)34)11-17(26)12-22-3-5-23(13-18(27)28)7-9-25(15-20(31)32)10-8-24(6-4-22)14-19(29)30/h17,26,36H,2-16H2,1H3,(H,27,28)(H,29,30)(H,31,32)(H,33,34). The molecule has 0 amide bonds. The molecule has 1 rings (SSSR count). The smallest absolute Gasteiger partial charge is 0.317 e. The van der Waals surface area contributed by atoms with Gasteiger partial charge in [0.25, 0.3) is 0 Å². The Morgan fingerprint density at radius 2 is 1.17 bits per heavy atom. The first-order valence-corrected chi connectivity index (χ1v) is 13.1. The highest BCUT2D eigenvalue weighted by atomic mass is 31.1. The molecule has 0 aromatic rings. The van der Waals surface area contributed by atoms with Crippen LogP contribution in [-0.4, -0.2) is 172 Å². The zero-order chi connectivity index (χ0) is 27.1. The molecule has 5 N–H and O–H groups in total. The van der Waals surface area contributed by atoms with Crippen LogP contribution in [0.5, 0.6) is 0 Å². The fraction of sp³-hybridized carbons (Fsp3) is 0.850. The van der Waals surface area contributed by atoms with Gasteiger partial charge < -0.3 is 25.3 Å². The predicted octanol–water partition coefficient (Wildman–Crippen LogP) is -2.50. The molecule has 0 aromatic heterocycles. The van der Waals surface area contributed by atoms with Gasteiger partial charge in [-0.3, -0.25) is 48.0 Å². The van der Waals surface area contributed by atoms with Crippen LogP contribution < -0.4 is 0 Å². The molecule has 1 aliphatic heterocycles. The van der Waals surface area contributed by atoms with Crippen LogP contribution in [0.2, 0.25) is 0 Å². The lowest BCUT2D eigenvalue weighted by molar-refractivity contribution is -0.140. The van der Waals surface area contributed by atoms with Crippen molar-refractivity contribution in [2.75, 3.05) is 98.4 Å². The zero-order valence-corrected chi connectivity index (χ0v) is 21.7. The van der Waals surface area contributed by atoms with E-state index in [4.69, 9.17) is 9.42 Å². The van der Waals surface area contributed by atoms with Crippen molar-refractivity contribution >= 4 is 26.2 Å². The second-order valence-corrected chi connectivity index (χ2v) is 9.49. The molecule has 1 fully saturated rings. The van der Waals surface area contributed by atoms with Gasteiger partial charge in [-0.15, -0.1) is 0 Å². The summed E-state index contributed by atoms with van der Waals surface area (Å²) in [4.78, 5) is 51.5. The lowest BCUT2D eigenvalue weighted by atomic mass is 10.2. The molecule has 2 atom stereocenters. The number of aliphatic hydroxyl groups is 1. The number of β-amino-alcohol motifs (C(OH)–C–C–N with tert-alkyl or cyclic N) is 1. The van der Waals surface area contributed by atoms with Gasteiger partial charge >= 0.3 is 26.2 Å². The Kier molecular flexibility index (Phi) is 15.9. The molecule has 0 aliphatic carbocycles. The van der Waals surface area contributed by atoms with Crippen molar-refractivity contribution in [3.05, 3.63) is 0 Å². The number of hydrogen-bond donors (Lipinski definition) is 5. The highest BCUT2D eigenvalue weighted by molar-refractivity contribution is 7.32. The minimum absolute atomic E-state index is 0.104. The number of carboxylic acid groups (broad SMARTS) is 3. The highest BCUT2D eigenvalue weighted by Crippen LogP contribution is 2.14. The number of hydrogen-bond acceptors (Lipinski definition) is 11. The Morgan fingerprint density at radius 1 is 0.806 bits per heavy atom. The van der Waals surface area contributed by atoms with Crippen molar-refractivity contribution < 1.29 is 48.8 Å². The number of aliphatic carboxylic acids is 3. The molecule has 0 radical (unpaired) electrons. The largest absolute Gasteiger partial charge is 0.480 e. The number of nitrogens with zero attached hydrogens (tertiary/aromatic N) is 5. The first kappa shape index (κ1) is 32.3. The molecule has 1 saturated heterocycles. The highest BCUT2D eigenvalue weighted by Gasteiger charge is 2.22. The van der Waals surface area contributed by atoms with Gasteiger partial charge in [-0.2, -0.15) is 0 Å². The molecule has 210 valence electrons. The van der Waals surface area contributed by atoms with Crippen molar-refractivity contribution in [3.8, 4) is 0 Å². The molecular formula is C20H40N5O10P. The molecule has 0 saturated carbocycles. The molecule has 2 unspecified atom stereocenters. The van der Waals surface area contributed by atoms with Crippen molar-refractivity contribution in [1.29, 1.82) is 0 Å². The maximum Gasteiger partial charge on any atom is 0.317 e. The van der Waals surface area contributed by atoms with Crippen LogP contribution in [0, 0.1) is 0 Å². The Balaban J connectivity index is 2.92. The molecule has 0 aromatic carbocycles. The van der Waals surface area contributed by atoms with E-state index in [0.717, 1.165) is 0 Å². The van der Waals surface area contributed by atoms with Crippen LogP contribution in [0.1, 0.15) is 6.92 Å². The number of carboxylic acids is 3. The summed E-state index contributed by atoms with van der Waals surface area (Å²) in [5.74, 6) is -3.03. The van der Waals surface area contributed by atoms with Crippen LogP contribution in [0.15, 0.2) is 0 Å². The predicted molar refractivity (Wildman–Crippen MR) is 129 cm³/mol. The first-order chi connectivity index (χ1) is 17.0. The zero-order valence-electron chi connectivity index (χ0n) is 20.7. The van der Waals surface area contributed by atoms with Crippen LogP contribution in [0.4, 0.5) is 0 Å². The average Bonchev–Trinajstić information content (AvgIpc) is 2.77. The maximum absolute atomic E-state index is 11.3. The third-order valence-electron chi connectivity index (χ3n) is 5.76. The Bertz CT molecular complexity index is 686. The number of rotatable bonds is 14. The van der Waals surface area contributed by atoms with Crippen LogP contribution in [0.25, 0.3) is 0 Å². The van der Waals surface area contributed by atoms with Gasteiger partial charge in [0.2, 0.25) is 0 Å². The summed E-state index contributed by atoms with van der Waals surface area (Å²) in [7, 11) is -3.09. The quantitative estimate of drug-likeness (QED) is 0.114.